The van der Waals surface area contributed by atoms with Gasteiger partial charge < -0.3 is 4.74 Å². The van der Waals surface area contributed by atoms with Gasteiger partial charge in [0.25, 0.3) is 0 Å². The lowest BCUT2D eigenvalue weighted by Crippen LogP contribution is -2.05. The summed E-state index contributed by atoms with van der Waals surface area (Å²) >= 11 is 6.08. The van der Waals surface area contributed by atoms with E-state index in [1.807, 2.05) is 65.2 Å². The maximum atomic E-state index is 12.0. The van der Waals surface area contributed by atoms with Gasteiger partial charge in [0.05, 0.1) is 23.2 Å². The third-order valence-corrected chi connectivity index (χ3v) is 5.16. The van der Waals surface area contributed by atoms with E-state index in [1.54, 1.807) is 19.1 Å². The van der Waals surface area contributed by atoms with Gasteiger partial charge in [0.1, 0.15) is 5.82 Å². The molecule has 5 rings (SSSR count). The molecule has 0 spiro atoms. The molecule has 31 heavy (non-hydrogen) atoms. The minimum atomic E-state index is -0.353. The minimum absolute atomic E-state index is 0.329. The van der Waals surface area contributed by atoms with Crippen LogP contribution in [0.4, 0.5) is 0 Å². The molecule has 0 saturated heterocycles. The Hall–Kier alpha value is -3.77. The zero-order valence-electron chi connectivity index (χ0n) is 16.6. The highest BCUT2D eigenvalue weighted by Crippen LogP contribution is 2.29. The number of halogens is 1. The Labute approximate surface area is 183 Å². The molecule has 0 unspecified atom stereocenters. The first-order chi connectivity index (χ1) is 15.1. The Morgan fingerprint density at radius 2 is 1.58 bits per heavy atom. The zero-order valence-corrected chi connectivity index (χ0v) is 17.4. The molecule has 2 aromatic heterocycles. The number of ether oxygens (including phenoxy) is 1. The van der Waals surface area contributed by atoms with E-state index in [0.717, 1.165) is 22.3 Å². The van der Waals surface area contributed by atoms with Gasteiger partial charge >= 0.3 is 5.97 Å². The van der Waals surface area contributed by atoms with Crippen molar-refractivity contribution in [3.63, 3.8) is 0 Å². The van der Waals surface area contributed by atoms with Crippen molar-refractivity contribution >= 4 is 39.9 Å². The van der Waals surface area contributed by atoms with Crippen LogP contribution in [0.15, 0.2) is 72.8 Å². The van der Waals surface area contributed by atoms with E-state index >= 15 is 0 Å². The summed E-state index contributed by atoms with van der Waals surface area (Å²) in [7, 11) is 0. The first-order valence-corrected chi connectivity index (χ1v) is 10.2. The number of hydrogen-bond acceptors (Lipinski definition) is 5. The van der Waals surface area contributed by atoms with Crippen LogP contribution in [0.25, 0.3) is 39.4 Å². The predicted octanol–water partition coefficient (Wildman–Crippen LogP) is 5.47. The minimum Gasteiger partial charge on any atom is -0.462 e. The number of fused-ring (bicyclic) bond motifs is 2. The van der Waals surface area contributed by atoms with Crippen molar-refractivity contribution < 1.29 is 9.53 Å². The van der Waals surface area contributed by atoms with Crippen LogP contribution in [0.3, 0.4) is 0 Å². The average molecular weight is 429 g/mol. The largest absolute Gasteiger partial charge is 0.462 e. The van der Waals surface area contributed by atoms with Gasteiger partial charge in [0, 0.05) is 16.3 Å². The van der Waals surface area contributed by atoms with Crippen LogP contribution in [0, 0.1) is 0 Å². The Morgan fingerprint density at radius 1 is 0.903 bits per heavy atom. The first kappa shape index (κ1) is 19.2. The zero-order chi connectivity index (χ0) is 21.4. The van der Waals surface area contributed by atoms with Crippen molar-refractivity contribution in [3.05, 3.63) is 83.4 Å². The smallest absolute Gasteiger partial charge is 0.338 e. The van der Waals surface area contributed by atoms with Gasteiger partial charge in [-0.3, -0.25) is 4.57 Å². The van der Waals surface area contributed by atoms with Crippen LogP contribution in [-0.2, 0) is 4.74 Å². The average Bonchev–Trinajstić information content (AvgIpc) is 3.16. The van der Waals surface area contributed by atoms with Crippen molar-refractivity contribution in [1.82, 2.24) is 19.5 Å². The molecular formula is C24H17ClN4O2. The second-order valence-corrected chi connectivity index (χ2v) is 7.34. The van der Waals surface area contributed by atoms with E-state index in [4.69, 9.17) is 31.3 Å². The van der Waals surface area contributed by atoms with Crippen LogP contribution in [-0.4, -0.2) is 32.1 Å². The number of hydrogen-bond donors (Lipinski definition) is 0. The second-order valence-electron chi connectivity index (χ2n) is 6.90. The SMILES string of the molecule is CCOC(=O)c1ccc(-n2c(-c3ccc(Cl)cc3)nc3nc4ccccc4nc32)cc1. The van der Waals surface area contributed by atoms with Crippen LogP contribution >= 0.6 is 11.6 Å². The lowest BCUT2D eigenvalue weighted by molar-refractivity contribution is 0.0526. The number of rotatable bonds is 4. The maximum absolute atomic E-state index is 12.0. The topological polar surface area (TPSA) is 69.9 Å². The van der Waals surface area contributed by atoms with Crippen LogP contribution in [0.1, 0.15) is 17.3 Å². The quantitative estimate of drug-likeness (QED) is 0.355. The number of aromatic nitrogens is 4. The highest BCUT2D eigenvalue weighted by Gasteiger charge is 2.18. The molecule has 2 heterocycles. The number of imidazole rings is 1. The first-order valence-electron chi connectivity index (χ1n) is 9.83. The summed E-state index contributed by atoms with van der Waals surface area (Å²) in [4.78, 5) is 26.4. The fraction of sp³-hybridized carbons (Fsp3) is 0.0833. The Bertz CT molecular complexity index is 1410. The summed E-state index contributed by atoms with van der Waals surface area (Å²) in [6, 6.07) is 22.3. The van der Waals surface area contributed by atoms with E-state index in [1.165, 1.54) is 0 Å². The number of benzene rings is 3. The summed E-state index contributed by atoms with van der Waals surface area (Å²) in [6.07, 6.45) is 0. The van der Waals surface area contributed by atoms with Crippen molar-refractivity contribution in [3.8, 4) is 17.1 Å². The van der Waals surface area contributed by atoms with Crippen molar-refractivity contribution in [2.24, 2.45) is 0 Å². The molecule has 5 aromatic rings. The van der Waals surface area contributed by atoms with Gasteiger partial charge in [0.15, 0.2) is 11.3 Å². The summed E-state index contributed by atoms with van der Waals surface area (Å²) in [6.45, 7) is 2.11. The van der Waals surface area contributed by atoms with E-state index in [9.17, 15) is 4.79 Å². The molecule has 0 amide bonds. The number of carbonyl (C=O) groups excluding carboxylic acids is 1. The highest BCUT2D eigenvalue weighted by atomic mass is 35.5. The van der Waals surface area contributed by atoms with Gasteiger partial charge in [-0.15, -0.1) is 0 Å². The van der Waals surface area contributed by atoms with Crippen LogP contribution in [0.2, 0.25) is 5.02 Å². The molecule has 3 aromatic carbocycles. The Kier molecular flexibility index (Phi) is 4.84. The molecule has 7 heteroatoms. The monoisotopic (exact) mass is 428 g/mol. The molecule has 0 aliphatic carbocycles. The van der Waals surface area contributed by atoms with E-state index in [-0.39, 0.29) is 5.97 Å². The van der Waals surface area contributed by atoms with Crippen molar-refractivity contribution in [1.29, 1.82) is 0 Å². The molecule has 152 valence electrons. The number of esters is 1. The fourth-order valence-electron chi connectivity index (χ4n) is 3.46. The predicted molar refractivity (Wildman–Crippen MR) is 121 cm³/mol. The lowest BCUT2D eigenvalue weighted by Gasteiger charge is -2.10. The molecular weight excluding hydrogens is 412 g/mol. The molecule has 0 N–H and O–H groups in total. The molecule has 0 bridgehead atoms. The van der Waals surface area contributed by atoms with E-state index in [0.29, 0.717) is 34.3 Å². The van der Waals surface area contributed by atoms with Crippen molar-refractivity contribution in [2.45, 2.75) is 6.92 Å². The third-order valence-electron chi connectivity index (χ3n) is 4.91. The van der Waals surface area contributed by atoms with Gasteiger partial charge in [-0.2, -0.15) is 0 Å². The van der Waals surface area contributed by atoms with Gasteiger partial charge in [-0.1, -0.05) is 23.7 Å². The molecule has 0 fully saturated rings. The Morgan fingerprint density at radius 3 is 2.26 bits per heavy atom. The van der Waals surface area contributed by atoms with Gasteiger partial charge in [-0.25, -0.2) is 19.7 Å². The molecule has 6 nitrogen and oxygen atoms in total. The molecule has 0 aliphatic heterocycles. The standard InChI is InChI=1S/C24H17ClN4O2/c1-2-31-24(30)16-9-13-18(14-10-16)29-22(15-7-11-17(25)12-8-15)28-21-23(29)27-20-6-4-3-5-19(20)26-21/h3-14H,2H2,1H3. The number of nitrogens with zero attached hydrogens (tertiary/aromatic N) is 4. The normalized spacial score (nSPS) is 11.2. The van der Waals surface area contributed by atoms with Gasteiger partial charge in [-0.05, 0) is 67.6 Å². The second kappa shape index (κ2) is 7.81. The summed E-state index contributed by atoms with van der Waals surface area (Å²) < 4.78 is 7.03. The Balaban J connectivity index is 1.74. The molecule has 0 radical (unpaired) electrons. The molecule has 0 atom stereocenters. The maximum Gasteiger partial charge on any atom is 0.338 e. The lowest BCUT2D eigenvalue weighted by atomic mass is 10.2. The summed E-state index contributed by atoms with van der Waals surface area (Å²) in [5.74, 6) is 0.333. The summed E-state index contributed by atoms with van der Waals surface area (Å²) in [5, 5.41) is 0.646. The summed E-state index contributed by atoms with van der Waals surface area (Å²) in [5.41, 5.74) is 4.90. The molecule has 0 saturated carbocycles. The van der Waals surface area contributed by atoms with E-state index in [2.05, 4.69) is 0 Å². The number of para-hydroxylation sites is 2. The van der Waals surface area contributed by atoms with Crippen molar-refractivity contribution in [2.75, 3.05) is 6.61 Å². The van der Waals surface area contributed by atoms with Gasteiger partial charge in [0.2, 0.25) is 0 Å². The van der Waals surface area contributed by atoms with E-state index < -0.39 is 0 Å². The van der Waals surface area contributed by atoms with Crippen LogP contribution < -0.4 is 0 Å². The molecule has 0 aliphatic rings. The highest BCUT2D eigenvalue weighted by molar-refractivity contribution is 6.30. The number of carbonyl (C=O) groups is 1. The van der Waals surface area contributed by atoms with Crippen LogP contribution in [0.5, 0.6) is 0 Å². The fourth-order valence-corrected chi connectivity index (χ4v) is 3.58. The third kappa shape index (κ3) is 3.51.